The van der Waals surface area contributed by atoms with Gasteiger partial charge in [-0.15, -0.1) is 0 Å². The van der Waals surface area contributed by atoms with Gasteiger partial charge in [-0.25, -0.2) is 4.79 Å². The number of ether oxygens (including phenoxy) is 1. The first kappa shape index (κ1) is 11.5. The summed E-state index contributed by atoms with van der Waals surface area (Å²) in [6.07, 6.45) is 6.25. The summed E-state index contributed by atoms with van der Waals surface area (Å²) in [6, 6.07) is 9.10. The molecule has 0 atom stereocenters. The first-order valence-corrected chi connectivity index (χ1v) is 5.69. The normalized spacial score (nSPS) is 14.4. The molecule has 0 aromatic heterocycles. The second-order valence-corrected chi connectivity index (χ2v) is 3.83. The van der Waals surface area contributed by atoms with Crippen molar-refractivity contribution >= 4 is 6.09 Å². The number of benzene rings is 1. The predicted molar refractivity (Wildman–Crippen MR) is 66.7 cm³/mol. The van der Waals surface area contributed by atoms with Crippen molar-refractivity contribution in [1.29, 1.82) is 0 Å². The second kappa shape index (κ2) is 5.34. The highest BCUT2D eigenvalue weighted by molar-refractivity contribution is 5.72. The van der Waals surface area contributed by atoms with Gasteiger partial charge in [-0.2, -0.15) is 0 Å². The van der Waals surface area contributed by atoms with Crippen LogP contribution in [0.4, 0.5) is 4.79 Å². The lowest BCUT2D eigenvalue weighted by Crippen LogP contribution is -2.31. The molecule has 0 saturated carbocycles. The summed E-state index contributed by atoms with van der Waals surface area (Å²) in [5.41, 5.74) is 1.22. The Morgan fingerprint density at radius 2 is 2.12 bits per heavy atom. The molecule has 0 radical (unpaired) electrons. The van der Waals surface area contributed by atoms with Crippen LogP contribution in [-0.2, 0) is 0 Å². The van der Waals surface area contributed by atoms with Crippen molar-refractivity contribution in [2.75, 3.05) is 6.54 Å². The molecular formula is C14H15NO2. The summed E-state index contributed by atoms with van der Waals surface area (Å²) in [5, 5.41) is 0. The monoisotopic (exact) mass is 229 g/mol. The van der Waals surface area contributed by atoms with E-state index in [1.807, 2.05) is 30.4 Å². The molecule has 0 spiro atoms. The fourth-order valence-electron chi connectivity index (χ4n) is 1.61. The van der Waals surface area contributed by atoms with E-state index in [-0.39, 0.29) is 6.09 Å². The number of hydrogen-bond acceptors (Lipinski definition) is 2. The van der Waals surface area contributed by atoms with Gasteiger partial charge in [-0.3, -0.25) is 4.90 Å². The standard InChI is InChI=1S/C14H15NO2/c1-2-12-7-6-10-15(11-12)14(16)17-13-8-4-3-5-9-13/h3-10H,2,11H2,1H3. The van der Waals surface area contributed by atoms with E-state index in [2.05, 4.69) is 6.92 Å². The van der Waals surface area contributed by atoms with Crippen LogP contribution < -0.4 is 4.74 Å². The molecule has 1 aliphatic heterocycles. The van der Waals surface area contributed by atoms with Crippen LogP contribution in [0.5, 0.6) is 5.75 Å². The van der Waals surface area contributed by atoms with Crippen molar-refractivity contribution in [3.8, 4) is 5.75 Å². The van der Waals surface area contributed by atoms with Gasteiger partial charge in [0.2, 0.25) is 0 Å². The summed E-state index contributed by atoms with van der Waals surface area (Å²) in [6.45, 7) is 2.68. The summed E-state index contributed by atoms with van der Waals surface area (Å²) in [7, 11) is 0. The lowest BCUT2D eigenvalue weighted by atomic mass is 10.1. The summed E-state index contributed by atoms with van der Waals surface area (Å²) in [5.74, 6) is 0.568. The van der Waals surface area contributed by atoms with Crippen LogP contribution in [0, 0.1) is 0 Å². The zero-order valence-electron chi connectivity index (χ0n) is 9.80. The van der Waals surface area contributed by atoms with E-state index in [0.29, 0.717) is 12.3 Å². The van der Waals surface area contributed by atoms with E-state index < -0.39 is 0 Å². The molecule has 0 fully saturated rings. The predicted octanol–water partition coefficient (Wildman–Crippen LogP) is 3.35. The SMILES string of the molecule is CCC1=CC=CN(C(=O)Oc2ccccc2)C1. The van der Waals surface area contributed by atoms with Gasteiger partial charge in [0, 0.05) is 12.7 Å². The number of carbonyl (C=O) groups is 1. The number of nitrogens with zero attached hydrogens (tertiary/aromatic N) is 1. The zero-order valence-corrected chi connectivity index (χ0v) is 9.80. The highest BCUT2D eigenvalue weighted by Gasteiger charge is 2.16. The van der Waals surface area contributed by atoms with E-state index in [0.717, 1.165) is 6.42 Å². The second-order valence-electron chi connectivity index (χ2n) is 3.83. The maximum atomic E-state index is 11.9. The molecule has 1 aromatic carbocycles. The molecule has 0 unspecified atom stereocenters. The number of rotatable bonds is 2. The fourth-order valence-corrected chi connectivity index (χ4v) is 1.61. The van der Waals surface area contributed by atoms with Crippen LogP contribution in [0.3, 0.4) is 0 Å². The smallest absolute Gasteiger partial charge is 0.410 e. The van der Waals surface area contributed by atoms with Crippen molar-refractivity contribution in [3.05, 3.63) is 54.3 Å². The molecule has 1 heterocycles. The van der Waals surface area contributed by atoms with Crippen molar-refractivity contribution in [3.63, 3.8) is 0 Å². The Hall–Kier alpha value is -2.03. The van der Waals surface area contributed by atoms with Crippen LogP contribution in [0.25, 0.3) is 0 Å². The van der Waals surface area contributed by atoms with E-state index in [9.17, 15) is 4.79 Å². The molecule has 1 aliphatic rings. The first-order valence-electron chi connectivity index (χ1n) is 5.69. The van der Waals surface area contributed by atoms with Crippen molar-refractivity contribution in [1.82, 2.24) is 4.90 Å². The average Bonchev–Trinajstić information content (AvgIpc) is 2.40. The maximum Gasteiger partial charge on any atom is 0.419 e. The quantitative estimate of drug-likeness (QED) is 0.778. The molecule has 3 nitrogen and oxygen atoms in total. The van der Waals surface area contributed by atoms with Gasteiger partial charge in [0.1, 0.15) is 5.75 Å². The largest absolute Gasteiger partial charge is 0.419 e. The topological polar surface area (TPSA) is 29.5 Å². The van der Waals surface area contributed by atoms with Gasteiger partial charge in [0.25, 0.3) is 0 Å². The van der Waals surface area contributed by atoms with Gasteiger partial charge in [0.05, 0.1) is 0 Å². The minimum atomic E-state index is -0.341. The van der Waals surface area contributed by atoms with Gasteiger partial charge < -0.3 is 4.74 Å². The first-order chi connectivity index (χ1) is 8.29. The highest BCUT2D eigenvalue weighted by Crippen LogP contribution is 2.14. The molecule has 17 heavy (non-hydrogen) atoms. The third-order valence-corrected chi connectivity index (χ3v) is 2.61. The number of para-hydroxylation sites is 1. The van der Waals surface area contributed by atoms with Crippen molar-refractivity contribution < 1.29 is 9.53 Å². The van der Waals surface area contributed by atoms with Gasteiger partial charge in [0.15, 0.2) is 0 Å². The number of amides is 1. The van der Waals surface area contributed by atoms with Gasteiger partial charge in [-0.05, 0) is 24.6 Å². The minimum absolute atomic E-state index is 0.341. The molecule has 88 valence electrons. The fraction of sp³-hybridized carbons (Fsp3) is 0.214. The molecule has 0 saturated heterocycles. The molecule has 0 N–H and O–H groups in total. The van der Waals surface area contributed by atoms with Gasteiger partial charge in [-0.1, -0.05) is 36.8 Å². The van der Waals surface area contributed by atoms with Gasteiger partial charge >= 0.3 is 6.09 Å². The number of hydrogen-bond donors (Lipinski definition) is 0. The van der Waals surface area contributed by atoms with Crippen LogP contribution in [0.1, 0.15) is 13.3 Å². The van der Waals surface area contributed by atoms with Crippen molar-refractivity contribution in [2.24, 2.45) is 0 Å². The molecule has 1 aromatic rings. The third-order valence-electron chi connectivity index (χ3n) is 2.61. The Morgan fingerprint density at radius 3 is 2.82 bits per heavy atom. The van der Waals surface area contributed by atoms with E-state index >= 15 is 0 Å². The van der Waals surface area contributed by atoms with E-state index in [1.54, 1.807) is 23.2 Å². The Bertz CT molecular complexity index is 449. The minimum Gasteiger partial charge on any atom is -0.410 e. The summed E-state index contributed by atoms with van der Waals surface area (Å²) in [4.78, 5) is 13.4. The summed E-state index contributed by atoms with van der Waals surface area (Å²) < 4.78 is 5.26. The summed E-state index contributed by atoms with van der Waals surface area (Å²) >= 11 is 0. The van der Waals surface area contributed by atoms with Crippen LogP contribution in [0.15, 0.2) is 54.3 Å². The molecule has 0 bridgehead atoms. The molecular weight excluding hydrogens is 214 g/mol. The van der Waals surface area contributed by atoms with E-state index in [4.69, 9.17) is 4.74 Å². The lowest BCUT2D eigenvalue weighted by Gasteiger charge is -2.21. The third kappa shape index (κ3) is 2.97. The molecule has 3 heteroatoms. The Morgan fingerprint density at radius 1 is 1.35 bits per heavy atom. The van der Waals surface area contributed by atoms with Crippen LogP contribution in [0.2, 0.25) is 0 Å². The van der Waals surface area contributed by atoms with Crippen LogP contribution >= 0.6 is 0 Å². The van der Waals surface area contributed by atoms with E-state index in [1.165, 1.54) is 5.57 Å². The molecule has 2 rings (SSSR count). The highest BCUT2D eigenvalue weighted by atomic mass is 16.6. The Kier molecular flexibility index (Phi) is 3.60. The van der Waals surface area contributed by atoms with Crippen molar-refractivity contribution in [2.45, 2.75) is 13.3 Å². The Labute approximate surface area is 101 Å². The lowest BCUT2D eigenvalue weighted by molar-refractivity contribution is 0.172. The van der Waals surface area contributed by atoms with Crippen LogP contribution in [-0.4, -0.2) is 17.5 Å². The molecule has 1 amide bonds. The number of allylic oxidation sites excluding steroid dienone is 2. The number of carbonyl (C=O) groups excluding carboxylic acids is 1. The Balaban J connectivity index is 1.98. The average molecular weight is 229 g/mol. The zero-order chi connectivity index (χ0) is 12.1. The molecule has 0 aliphatic carbocycles. The maximum absolute atomic E-state index is 11.9.